The molecule has 0 atom stereocenters. The van der Waals surface area contributed by atoms with E-state index in [-0.39, 0.29) is 12.5 Å². The lowest BCUT2D eigenvalue weighted by molar-refractivity contribution is -0.120. The molecule has 0 heterocycles. The van der Waals surface area contributed by atoms with Crippen molar-refractivity contribution < 1.29 is 19.0 Å². The third kappa shape index (κ3) is 5.58. The van der Waals surface area contributed by atoms with E-state index in [1.54, 1.807) is 25.3 Å². The molecule has 0 saturated heterocycles. The van der Waals surface area contributed by atoms with Gasteiger partial charge in [-0.25, -0.2) is 0 Å². The van der Waals surface area contributed by atoms with E-state index in [1.807, 2.05) is 0 Å². The predicted molar refractivity (Wildman–Crippen MR) is 73.3 cm³/mol. The summed E-state index contributed by atoms with van der Waals surface area (Å²) >= 11 is 0. The number of hydrogen-bond donors (Lipinski definition) is 2. The first-order valence-electron chi connectivity index (χ1n) is 5.97. The number of rotatable bonds is 8. The minimum atomic E-state index is -0.236. The van der Waals surface area contributed by atoms with Gasteiger partial charge in [0.25, 0.3) is 0 Å². The minimum Gasteiger partial charge on any atom is -0.494 e. The van der Waals surface area contributed by atoms with Crippen molar-refractivity contribution in [3.05, 3.63) is 18.2 Å². The van der Waals surface area contributed by atoms with Crippen LogP contribution in [0.1, 0.15) is 6.42 Å². The molecule has 1 rings (SSSR count). The molecule has 6 nitrogen and oxygen atoms in total. The summed E-state index contributed by atoms with van der Waals surface area (Å²) < 4.78 is 15.2. The number of hydrogen-bond acceptors (Lipinski definition) is 5. The molecule has 19 heavy (non-hydrogen) atoms. The second-order valence-corrected chi connectivity index (χ2v) is 3.91. The number of benzene rings is 1. The summed E-state index contributed by atoms with van der Waals surface area (Å²) in [5, 5.41) is 2.70. The lowest BCUT2D eigenvalue weighted by Gasteiger charge is -2.11. The second kappa shape index (κ2) is 8.34. The Hall–Kier alpha value is -1.79. The molecule has 6 heteroatoms. The van der Waals surface area contributed by atoms with E-state index < -0.39 is 0 Å². The van der Waals surface area contributed by atoms with E-state index in [0.29, 0.717) is 30.3 Å². The fraction of sp³-hybridized carbons (Fsp3) is 0.462. The Morgan fingerprint density at radius 3 is 2.79 bits per heavy atom. The number of ether oxygens (including phenoxy) is 3. The van der Waals surface area contributed by atoms with E-state index in [2.05, 4.69) is 5.32 Å². The van der Waals surface area contributed by atoms with Crippen molar-refractivity contribution in [3.63, 3.8) is 0 Å². The molecule has 0 unspecified atom stereocenters. The molecule has 0 radical (unpaired) electrons. The number of nitrogens with one attached hydrogen (secondary N) is 1. The zero-order chi connectivity index (χ0) is 14.1. The zero-order valence-electron chi connectivity index (χ0n) is 11.3. The van der Waals surface area contributed by atoms with Gasteiger partial charge >= 0.3 is 0 Å². The molecule has 3 N–H and O–H groups in total. The van der Waals surface area contributed by atoms with Gasteiger partial charge in [-0.3, -0.25) is 4.79 Å². The van der Waals surface area contributed by atoms with Gasteiger partial charge in [0.1, 0.15) is 12.4 Å². The fourth-order valence-corrected chi connectivity index (χ4v) is 1.47. The molecule has 0 aliphatic heterocycles. The fourth-order valence-electron chi connectivity index (χ4n) is 1.47. The van der Waals surface area contributed by atoms with Gasteiger partial charge in [-0.2, -0.15) is 0 Å². The zero-order valence-corrected chi connectivity index (χ0v) is 11.3. The highest BCUT2D eigenvalue weighted by Gasteiger charge is 2.07. The Morgan fingerprint density at radius 1 is 1.32 bits per heavy atom. The highest BCUT2D eigenvalue weighted by molar-refractivity contribution is 5.93. The number of amides is 1. The quantitative estimate of drug-likeness (QED) is 0.548. The predicted octanol–water partition coefficient (Wildman–Crippen LogP) is 1.27. The lowest BCUT2D eigenvalue weighted by atomic mass is 10.2. The molecule has 0 aliphatic carbocycles. The summed E-state index contributed by atoms with van der Waals surface area (Å²) in [6, 6.07) is 5.03. The van der Waals surface area contributed by atoms with Gasteiger partial charge in [0, 0.05) is 32.1 Å². The minimum absolute atomic E-state index is 0.00273. The van der Waals surface area contributed by atoms with Crippen molar-refractivity contribution in [1.29, 1.82) is 0 Å². The SMILES string of the molecule is COCCCOCC(=O)Nc1ccc(N)cc1OC. The van der Waals surface area contributed by atoms with Crippen LogP contribution in [-0.4, -0.2) is 39.9 Å². The molecular weight excluding hydrogens is 248 g/mol. The number of nitrogen functional groups attached to an aromatic ring is 1. The van der Waals surface area contributed by atoms with Gasteiger partial charge in [0.2, 0.25) is 5.91 Å². The van der Waals surface area contributed by atoms with Gasteiger partial charge in [-0.05, 0) is 18.6 Å². The van der Waals surface area contributed by atoms with Gasteiger partial charge in [0.05, 0.1) is 12.8 Å². The summed E-state index contributed by atoms with van der Waals surface area (Å²) in [5.74, 6) is 0.285. The summed E-state index contributed by atoms with van der Waals surface area (Å²) in [4.78, 5) is 11.6. The molecule has 1 aromatic rings. The van der Waals surface area contributed by atoms with Crippen LogP contribution in [0.15, 0.2) is 18.2 Å². The first kappa shape index (κ1) is 15.3. The van der Waals surface area contributed by atoms with Crippen LogP contribution < -0.4 is 15.8 Å². The Morgan fingerprint density at radius 2 is 2.11 bits per heavy atom. The van der Waals surface area contributed by atoms with Crippen LogP contribution in [0.2, 0.25) is 0 Å². The first-order chi connectivity index (χ1) is 9.17. The van der Waals surface area contributed by atoms with Crippen molar-refractivity contribution in [2.75, 3.05) is 45.1 Å². The Labute approximate surface area is 112 Å². The summed E-state index contributed by atoms with van der Waals surface area (Å²) in [5.41, 5.74) is 6.78. The van der Waals surface area contributed by atoms with Gasteiger partial charge in [-0.15, -0.1) is 0 Å². The average molecular weight is 268 g/mol. The van der Waals surface area contributed by atoms with E-state index in [1.165, 1.54) is 7.11 Å². The van der Waals surface area contributed by atoms with E-state index in [4.69, 9.17) is 19.9 Å². The van der Waals surface area contributed by atoms with Gasteiger partial charge in [-0.1, -0.05) is 0 Å². The highest BCUT2D eigenvalue weighted by Crippen LogP contribution is 2.26. The van der Waals surface area contributed by atoms with Crippen LogP contribution >= 0.6 is 0 Å². The van der Waals surface area contributed by atoms with Crippen molar-refractivity contribution in [3.8, 4) is 5.75 Å². The Balaban J connectivity index is 2.39. The molecule has 0 saturated carbocycles. The van der Waals surface area contributed by atoms with Crippen LogP contribution in [0.5, 0.6) is 5.75 Å². The van der Waals surface area contributed by atoms with Crippen molar-refractivity contribution in [1.82, 2.24) is 0 Å². The number of carbonyl (C=O) groups is 1. The van der Waals surface area contributed by atoms with Crippen molar-refractivity contribution in [2.45, 2.75) is 6.42 Å². The first-order valence-corrected chi connectivity index (χ1v) is 5.97. The smallest absolute Gasteiger partial charge is 0.250 e. The van der Waals surface area contributed by atoms with Crippen LogP contribution in [0.25, 0.3) is 0 Å². The van der Waals surface area contributed by atoms with Crippen LogP contribution in [-0.2, 0) is 14.3 Å². The molecule has 106 valence electrons. The normalized spacial score (nSPS) is 10.2. The van der Waals surface area contributed by atoms with Crippen molar-refractivity contribution >= 4 is 17.3 Å². The van der Waals surface area contributed by atoms with E-state index in [0.717, 1.165) is 6.42 Å². The van der Waals surface area contributed by atoms with Gasteiger partial charge in [0.15, 0.2) is 0 Å². The maximum absolute atomic E-state index is 11.6. The molecule has 0 aliphatic rings. The molecule has 0 bridgehead atoms. The largest absolute Gasteiger partial charge is 0.494 e. The monoisotopic (exact) mass is 268 g/mol. The molecular formula is C13H20N2O4. The summed E-state index contributed by atoms with van der Waals surface area (Å²) in [7, 11) is 3.14. The summed E-state index contributed by atoms with van der Waals surface area (Å²) in [6.07, 6.45) is 0.759. The van der Waals surface area contributed by atoms with Gasteiger partial charge < -0.3 is 25.3 Å². The third-order valence-corrected chi connectivity index (χ3v) is 2.37. The standard InChI is InChI=1S/C13H20N2O4/c1-17-6-3-7-19-9-13(16)15-11-5-4-10(14)8-12(11)18-2/h4-5,8H,3,6-7,9,14H2,1-2H3,(H,15,16). The average Bonchev–Trinajstić information content (AvgIpc) is 2.40. The molecule has 0 fully saturated rings. The topological polar surface area (TPSA) is 82.8 Å². The van der Waals surface area contributed by atoms with Crippen LogP contribution in [0, 0.1) is 0 Å². The summed E-state index contributed by atoms with van der Waals surface area (Å²) in [6.45, 7) is 1.10. The lowest BCUT2D eigenvalue weighted by Crippen LogP contribution is -2.19. The maximum atomic E-state index is 11.6. The van der Waals surface area contributed by atoms with Crippen LogP contribution in [0.3, 0.4) is 0 Å². The molecule has 1 amide bonds. The Bertz CT molecular complexity index is 410. The molecule has 1 aromatic carbocycles. The number of methoxy groups -OCH3 is 2. The number of nitrogens with two attached hydrogens (primary N) is 1. The molecule has 0 spiro atoms. The highest BCUT2D eigenvalue weighted by atomic mass is 16.5. The van der Waals surface area contributed by atoms with E-state index in [9.17, 15) is 4.79 Å². The third-order valence-electron chi connectivity index (χ3n) is 2.37. The Kier molecular flexibility index (Phi) is 6.70. The van der Waals surface area contributed by atoms with Crippen molar-refractivity contribution in [2.24, 2.45) is 0 Å². The number of anilines is 2. The van der Waals surface area contributed by atoms with E-state index >= 15 is 0 Å². The number of carbonyl (C=O) groups excluding carboxylic acids is 1. The van der Waals surface area contributed by atoms with Crippen LogP contribution in [0.4, 0.5) is 11.4 Å². The second-order valence-electron chi connectivity index (χ2n) is 3.91. The maximum Gasteiger partial charge on any atom is 0.250 e. The molecule has 0 aromatic heterocycles.